The van der Waals surface area contributed by atoms with Crippen LogP contribution < -0.4 is 5.32 Å². The Balaban J connectivity index is 0.000000394. The van der Waals surface area contributed by atoms with E-state index in [0.717, 1.165) is 76.5 Å². The van der Waals surface area contributed by atoms with E-state index in [4.69, 9.17) is 9.84 Å². The maximum Gasteiger partial charge on any atom is 0.416 e. The van der Waals surface area contributed by atoms with Crippen LogP contribution in [0.4, 0.5) is 13.2 Å². The van der Waals surface area contributed by atoms with Gasteiger partial charge in [-0.2, -0.15) is 13.2 Å². The number of aryl methyl sites for hydroxylation is 1. The second-order valence-corrected chi connectivity index (χ2v) is 10.5. The smallest absolute Gasteiger partial charge is 0.416 e. The van der Waals surface area contributed by atoms with Gasteiger partial charge in [0.15, 0.2) is 0 Å². The number of phenols is 1. The highest BCUT2D eigenvalue weighted by Crippen LogP contribution is 2.29. The van der Waals surface area contributed by atoms with Crippen LogP contribution >= 0.6 is 0 Å². The number of aliphatic carboxylic acids is 1. The van der Waals surface area contributed by atoms with Gasteiger partial charge in [0.05, 0.1) is 18.3 Å². The summed E-state index contributed by atoms with van der Waals surface area (Å²) >= 11 is 0. The van der Waals surface area contributed by atoms with Gasteiger partial charge in [-0.15, -0.1) is 0 Å². The van der Waals surface area contributed by atoms with Crippen molar-refractivity contribution in [3.05, 3.63) is 107 Å². The number of halogens is 3. The molecule has 0 spiro atoms. The molecule has 0 aliphatic heterocycles. The first-order valence-electron chi connectivity index (χ1n) is 15.1. The highest BCUT2D eigenvalue weighted by Gasteiger charge is 2.29. The number of benzene rings is 3. The van der Waals surface area contributed by atoms with Gasteiger partial charge in [-0.3, -0.25) is 0 Å². The quantitative estimate of drug-likeness (QED) is 0.0765. The Morgan fingerprint density at radius 3 is 2.20 bits per heavy atom. The SMILES string of the molecule is O=C(O)/C=C/c1ccc(C(F)(F)F)cc1.OCc1cc(C(O)CNCCCCCCOCCCCc2ccccc2)ccc1O. The lowest BCUT2D eigenvalue weighted by molar-refractivity contribution is -0.137. The van der Waals surface area contributed by atoms with Crippen molar-refractivity contribution in [3.63, 3.8) is 0 Å². The third kappa shape index (κ3) is 16.3. The van der Waals surface area contributed by atoms with Gasteiger partial charge in [-0.1, -0.05) is 61.4 Å². The number of aliphatic hydroxyl groups excluding tert-OH is 2. The molecule has 0 radical (unpaired) electrons. The number of unbranched alkanes of at least 4 members (excludes halogenated alkanes) is 4. The van der Waals surface area contributed by atoms with Crippen molar-refractivity contribution >= 4 is 12.0 Å². The highest BCUT2D eigenvalue weighted by molar-refractivity contribution is 5.85. The number of aromatic hydroxyl groups is 1. The van der Waals surface area contributed by atoms with Crippen LogP contribution in [-0.2, 0) is 28.7 Å². The summed E-state index contributed by atoms with van der Waals surface area (Å²) in [4.78, 5) is 10.1. The second-order valence-electron chi connectivity index (χ2n) is 10.5. The highest BCUT2D eigenvalue weighted by atomic mass is 19.4. The molecule has 246 valence electrons. The molecule has 0 bridgehead atoms. The average Bonchev–Trinajstić information content (AvgIpc) is 3.03. The second kappa shape index (κ2) is 21.1. The van der Waals surface area contributed by atoms with Crippen molar-refractivity contribution < 1.29 is 43.1 Å². The van der Waals surface area contributed by atoms with E-state index < -0.39 is 23.8 Å². The molecule has 0 aromatic heterocycles. The molecule has 3 aromatic carbocycles. The number of carboxylic acids is 1. The van der Waals surface area contributed by atoms with E-state index in [1.807, 2.05) is 0 Å². The molecule has 0 fully saturated rings. The van der Waals surface area contributed by atoms with Gasteiger partial charge in [-0.05, 0) is 85.7 Å². The zero-order valence-corrected chi connectivity index (χ0v) is 25.4. The largest absolute Gasteiger partial charge is 0.508 e. The first kappa shape index (κ1) is 37.5. The summed E-state index contributed by atoms with van der Waals surface area (Å²) in [7, 11) is 0. The maximum atomic E-state index is 12.1. The van der Waals surface area contributed by atoms with Crippen LogP contribution in [0.2, 0.25) is 0 Å². The zero-order valence-electron chi connectivity index (χ0n) is 25.4. The van der Waals surface area contributed by atoms with Crippen molar-refractivity contribution in [2.45, 2.75) is 63.8 Å². The molecular formula is C35H44F3NO6. The Morgan fingerprint density at radius 1 is 0.889 bits per heavy atom. The van der Waals surface area contributed by atoms with Crippen LogP contribution in [0.15, 0.2) is 78.9 Å². The Morgan fingerprint density at radius 2 is 1.56 bits per heavy atom. The van der Waals surface area contributed by atoms with Crippen LogP contribution in [0.25, 0.3) is 6.08 Å². The summed E-state index contributed by atoms with van der Waals surface area (Å²) in [5.74, 6) is -1.09. The van der Waals surface area contributed by atoms with Crippen LogP contribution in [0.5, 0.6) is 5.75 Å². The van der Waals surface area contributed by atoms with Crippen LogP contribution in [0.3, 0.4) is 0 Å². The predicted octanol–water partition coefficient (Wildman–Crippen LogP) is 6.91. The molecule has 3 rings (SSSR count). The molecule has 0 aliphatic rings. The summed E-state index contributed by atoms with van der Waals surface area (Å²) in [6, 6.07) is 19.7. The Kier molecular flexibility index (Phi) is 17.6. The standard InChI is InChI=1S/C25H37NO4.C10H7F3O2/c27-20-23-18-22(13-14-24(23)28)25(29)19-26-15-7-1-2-8-16-30-17-9-6-12-21-10-4-3-5-11-21;11-10(12,13)8-4-1-7(2-5-8)3-6-9(14)15/h3-5,10-11,13-14,18,25-29H,1-2,6-9,12,15-17,19-20H2;1-6H,(H,14,15)/b;6-3+. The number of rotatable bonds is 18. The third-order valence-electron chi connectivity index (χ3n) is 6.89. The van der Waals surface area contributed by atoms with Crippen LogP contribution in [0.1, 0.15) is 72.4 Å². The fourth-order valence-corrected chi connectivity index (χ4v) is 4.33. The first-order valence-corrected chi connectivity index (χ1v) is 15.1. The summed E-state index contributed by atoms with van der Waals surface area (Å²) in [6.45, 7) is 2.77. The molecule has 10 heteroatoms. The average molecular weight is 632 g/mol. The van der Waals surface area contributed by atoms with E-state index in [9.17, 15) is 33.3 Å². The minimum atomic E-state index is -4.37. The van der Waals surface area contributed by atoms with Gasteiger partial charge in [0.2, 0.25) is 0 Å². The van der Waals surface area contributed by atoms with E-state index in [2.05, 4.69) is 35.6 Å². The molecular weight excluding hydrogens is 587 g/mol. The molecule has 0 saturated heterocycles. The summed E-state index contributed by atoms with van der Waals surface area (Å²) in [6.07, 6.45) is 4.96. The van der Waals surface area contributed by atoms with Crippen molar-refractivity contribution in [2.24, 2.45) is 0 Å². The van der Waals surface area contributed by atoms with E-state index in [1.54, 1.807) is 12.1 Å². The molecule has 45 heavy (non-hydrogen) atoms. The van der Waals surface area contributed by atoms with E-state index >= 15 is 0 Å². The minimum Gasteiger partial charge on any atom is -0.508 e. The van der Waals surface area contributed by atoms with E-state index in [1.165, 1.54) is 36.3 Å². The molecule has 0 aliphatic carbocycles. The van der Waals surface area contributed by atoms with Crippen molar-refractivity contribution in [1.82, 2.24) is 5.32 Å². The topological polar surface area (TPSA) is 119 Å². The van der Waals surface area contributed by atoms with Gasteiger partial charge >= 0.3 is 12.1 Å². The van der Waals surface area contributed by atoms with Gasteiger partial charge in [0.1, 0.15) is 5.75 Å². The molecule has 5 N–H and O–H groups in total. The summed E-state index contributed by atoms with van der Waals surface area (Å²) in [5.41, 5.74) is 2.19. The predicted molar refractivity (Wildman–Crippen MR) is 169 cm³/mol. The van der Waals surface area contributed by atoms with E-state index in [0.29, 0.717) is 23.2 Å². The monoisotopic (exact) mass is 631 g/mol. The Labute approximate surface area is 263 Å². The van der Waals surface area contributed by atoms with Crippen LogP contribution in [0, 0.1) is 0 Å². The van der Waals surface area contributed by atoms with Gasteiger partial charge < -0.3 is 30.5 Å². The number of hydrogen-bond donors (Lipinski definition) is 5. The fraction of sp³-hybridized carbons (Fsp3) is 0.400. The van der Waals surface area contributed by atoms with E-state index in [-0.39, 0.29) is 12.4 Å². The third-order valence-corrected chi connectivity index (χ3v) is 6.89. The van der Waals surface area contributed by atoms with Crippen molar-refractivity contribution in [3.8, 4) is 5.75 Å². The van der Waals surface area contributed by atoms with Crippen molar-refractivity contribution in [2.75, 3.05) is 26.3 Å². The Hall–Kier alpha value is -3.70. The number of carboxylic acid groups (broad SMARTS) is 1. The molecule has 1 atom stereocenters. The molecule has 7 nitrogen and oxygen atoms in total. The number of nitrogens with one attached hydrogen (secondary N) is 1. The lowest BCUT2D eigenvalue weighted by atomic mass is 10.1. The molecule has 0 saturated carbocycles. The number of aliphatic hydroxyl groups is 2. The molecule has 0 heterocycles. The zero-order chi connectivity index (χ0) is 32.9. The number of ether oxygens (including phenoxy) is 1. The van der Waals surface area contributed by atoms with Crippen LogP contribution in [-0.4, -0.2) is 52.7 Å². The molecule has 3 aromatic rings. The number of hydrogen-bond acceptors (Lipinski definition) is 6. The lowest BCUT2D eigenvalue weighted by Crippen LogP contribution is -2.22. The maximum absolute atomic E-state index is 12.1. The van der Waals surface area contributed by atoms with Gasteiger partial charge in [-0.25, -0.2) is 4.79 Å². The number of alkyl halides is 3. The molecule has 0 amide bonds. The normalized spacial score (nSPS) is 12.1. The molecule has 1 unspecified atom stereocenters. The fourth-order valence-electron chi connectivity index (χ4n) is 4.33. The first-order chi connectivity index (χ1) is 21.6. The van der Waals surface area contributed by atoms with Gasteiger partial charge in [0, 0.05) is 31.4 Å². The summed E-state index contributed by atoms with van der Waals surface area (Å²) in [5, 5.41) is 40.5. The number of carbonyl (C=O) groups is 1. The minimum absolute atomic E-state index is 0.0533. The van der Waals surface area contributed by atoms with Crippen molar-refractivity contribution in [1.29, 1.82) is 0 Å². The summed E-state index contributed by atoms with van der Waals surface area (Å²) < 4.78 is 42.1. The van der Waals surface area contributed by atoms with Gasteiger partial charge in [0.25, 0.3) is 0 Å². The lowest BCUT2D eigenvalue weighted by Gasteiger charge is -2.14. The Bertz CT molecular complexity index is 1270.